The summed E-state index contributed by atoms with van der Waals surface area (Å²) >= 11 is 3.27. The van der Waals surface area contributed by atoms with E-state index in [1.807, 2.05) is 24.3 Å². The van der Waals surface area contributed by atoms with Crippen LogP contribution in [0.4, 0.5) is 8.78 Å². The normalized spacial score (nSPS) is 10.7. The number of aromatic nitrogens is 1. The first-order valence-corrected chi connectivity index (χ1v) is 11.5. The summed E-state index contributed by atoms with van der Waals surface area (Å²) in [6.45, 7) is 3.39. The number of aryl methyl sites for hydroxylation is 1. The van der Waals surface area contributed by atoms with E-state index in [-0.39, 0.29) is 59.4 Å². The Kier molecular flexibility index (Phi) is 8.75. The van der Waals surface area contributed by atoms with Crippen LogP contribution in [0.15, 0.2) is 57.8 Å². The molecule has 10 heteroatoms. The minimum Gasteiger partial charge on any atom is -0.487 e. The lowest BCUT2D eigenvalue weighted by molar-refractivity contribution is -0.125. The Morgan fingerprint density at radius 2 is 1.80 bits per heavy atom. The Balaban J connectivity index is 1.70. The fraction of sp³-hybridized carbons (Fsp3) is 0.240. The molecule has 0 saturated heterocycles. The average Bonchev–Trinajstić information content (AvgIpc) is 2.81. The van der Waals surface area contributed by atoms with E-state index >= 15 is 0 Å². The third kappa shape index (κ3) is 7.22. The lowest BCUT2D eigenvalue weighted by Crippen LogP contribution is -2.35. The number of nitrogens with one attached hydrogen (secondary N) is 2. The standard InChI is InChI=1S/C25H24BrF2N3O4/c1-15-8-22(35-14-19-6-7-20(27)10-21(19)28)24(26)25(34)31(15)13-18-5-3-4-17(9-18)11-30-23(33)12-29-16(2)32/h3-10H,11-14H2,1-2H3,(H,29,32)(H,30,33). The number of nitrogens with zero attached hydrogens (tertiary/aromatic N) is 1. The molecule has 35 heavy (non-hydrogen) atoms. The highest BCUT2D eigenvalue weighted by Crippen LogP contribution is 2.24. The van der Waals surface area contributed by atoms with E-state index in [9.17, 15) is 23.2 Å². The van der Waals surface area contributed by atoms with E-state index in [0.29, 0.717) is 5.69 Å². The summed E-state index contributed by atoms with van der Waals surface area (Å²) in [6, 6.07) is 12.3. The number of hydrogen-bond donors (Lipinski definition) is 2. The van der Waals surface area contributed by atoms with Crippen LogP contribution in [0.3, 0.4) is 0 Å². The highest BCUT2D eigenvalue weighted by molar-refractivity contribution is 9.10. The van der Waals surface area contributed by atoms with Crippen molar-refractivity contribution in [3.05, 3.63) is 97.4 Å². The van der Waals surface area contributed by atoms with Gasteiger partial charge in [0, 0.05) is 36.9 Å². The molecule has 0 saturated carbocycles. The Hall–Kier alpha value is -3.53. The van der Waals surface area contributed by atoms with Crippen LogP contribution >= 0.6 is 15.9 Å². The van der Waals surface area contributed by atoms with Crippen molar-refractivity contribution in [2.75, 3.05) is 6.54 Å². The van der Waals surface area contributed by atoms with Gasteiger partial charge in [-0.2, -0.15) is 0 Å². The zero-order chi connectivity index (χ0) is 25.5. The van der Waals surface area contributed by atoms with Crippen molar-refractivity contribution < 1.29 is 23.1 Å². The van der Waals surface area contributed by atoms with Crippen LogP contribution in [0.25, 0.3) is 0 Å². The largest absolute Gasteiger partial charge is 0.487 e. The maximum atomic E-state index is 13.9. The van der Waals surface area contributed by atoms with Crippen molar-refractivity contribution >= 4 is 27.7 Å². The molecule has 0 aliphatic heterocycles. The summed E-state index contributed by atoms with van der Waals surface area (Å²) in [5, 5.41) is 5.16. The molecular formula is C25H24BrF2N3O4. The second-order valence-electron chi connectivity index (χ2n) is 7.89. The lowest BCUT2D eigenvalue weighted by Gasteiger charge is -2.15. The summed E-state index contributed by atoms with van der Waals surface area (Å²) < 4.78 is 34.4. The second-order valence-corrected chi connectivity index (χ2v) is 8.68. The molecule has 7 nitrogen and oxygen atoms in total. The minimum atomic E-state index is -0.725. The van der Waals surface area contributed by atoms with Crippen molar-refractivity contribution in [1.82, 2.24) is 15.2 Å². The molecule has 0 spiro atoms. The molecule has 0 aliphatic rings. The van der Waals surface area contributed by atoms with Gasteiger partial charge in [0.25, 0.3) is 5.56 Å². The fourth-order valence-corrected chi connectivity index (χ4v) is 3.74. The quantitative estimate of drug-likeness (QED) is 0.428. The van der Waals surface area contributed by atoms with Gasteiger partial charge in [0.15, 0.2) is 0 Å². The van der Waals surface area contributed by atoms with Gasteiger partial charge < -0.3 is 19.9 Å². The van der Waals surface area contributed by atoms with Crippen molar-refractivity contribution in [3.8, 4) is 5.75 Å². The van der Waals surface area contributed by atoms with E-state index in [4.69, 9.17) is 4.74 Å². The molecule has 0 unspecified atom stereocenters. The number of hydrogen-bond acceptors (Lipinski definition) is 4. The van der Waals surface area contributed by atoms with Crippen molar-refractivity contribution in [3.63, 3.8) is 0 Å². The maximum absolute atomic E-state index is 13.9. The molecule has 184 valence electrons. The van der Waals surface area contributed by atoms with Gasteiger partial charge >= 0.3 is 0 Å². The van der Waals surface area contributed by atoms with Crippen molar-refractivity contribution in [1.29, 1.82) is 0 Å². The monoisotopic (exact) mass is 547 g/mol. The second kappa shape index (κ2) is 11.7. The Bertz CT molecular complexity index is 1310. The Morgan fingerprint density at radius 3 is 2.51 bits per heavy atom. The van der Waals surface area contributed by atoms with Crippen LogP contribution in [0.1, 0.15) is 29.3 Å². The summed E-state index contributed by atoms with van der Waals surface area (Å²) in [5.74, 6) is -1.74. The van der Waals surface area contributed by atoms with Gasteiger partial charge in [-0.3, -0.25) is 14.4 Å². The molecule has 0 radical (unpaired) electrons. The van der Waals surface area contributed by atoms with Crippen molar-refractivity contribution in [2.45, 2.75) is 33.5 Å². The summed E-state index contributed by atoms with van der Waals surface area (Å²) in [7, 11) is 0. The molecule has 2 amide bonds. The van der Waals surface area contributed by atoms with E-state index in [0.717, 1.165) is 23.3 Å². The molecule has 0 aliphatic carbocycles. The third-order valence-electron chi connectivity index (χ3n) is 5.13. The molecule has 0 fully saturated rings. The predicted octanol–water partition coefficient (Wildman–Crippen LogP) is 3.58. The van der Waals surface area contributed by atoms with E-state index in [2.05, 4.69) is 26.6 Å². The first-order valence-electron chi connectivity index (χ1n) is 10.7. The number of pyridine rings is 1. The van der Waals surface area contributed by atoms with Gasteiger partial charge in [-0.25, -0.2) is 8.78 Å². The van der Waals surface area contributed by atoms with Crippen molar-refractivity contribution in [2.24, 2.45) is 0 Å². The fourth-order valence-electron chi connectivity index (χ4n) is 3.30. The molecule has 2 N–H and O–H groups in total. The summed E-state index contributed by atoms with van der Waals surface area (Å²) in [4.78, 5) is 35.7. The first kappa shape index (κ1) is 26.1. The highest BCUT2D eigenvalue weighted by atomic mass is 79.9. The van der Waals surface area contributed by atoms with Gasteiger partial charge in [-0.15, -0.1) is 0 Å². The number of amides is 2. The number of rotatable bonds is 9. The van der Waals surface area contributed by atoms with E-state index < -0.39 is 11.6 Å². The van der Waals surface area contributed by atoms with Crippen LogP contribution in [0.2, 0.25) is 0 Å². The van der Waals surface area contributed by atoms with Crippen LogP contribution in [-0.4, -0.2) is 22.9 Å². The van der Waals surface area contributed by atoms with E-state index in [1.54, 1.807) is 17.6 Å². The van der Waals surface area contributed by atoms with Gasteiger partial charge in [0.1, 0.15) is 28.5 Å². The molecular weight excluding hydrogens is 524 g/mol. The Morgan fingerprint density at radius 1 is 1.06 bits per heavy atom. The van der Waals surface area contributed by atoms with Gasteiger partial charge in [0.2, 0.25) is 11.8 Å². The molecule has 3 aromatic rings. The predicted molar refractivity (Wildman–Crippen MR) is 130 cm³/mol. The first-order chi connectivity index (χ1) is 16.6. The SMILES string of the molecule is CC(=O)NCC(=O)NCc1cccc(Cn2c(C)cc(OCc3ccc(F)cc3F)c(Br)c2=O)c1. The molecule has 0 atom stereocenters. The third-order valence-corrected chi connectivity index (χ3v) is 5.86. The zero-order valence-electron chi connectivity index (χ0n) is 19.2. The number of carbonyl (C=O) groups is 2. The van der Waals surface area contributed by atoms with E-state index in [1.165, 1.54) is 13.0 Å². The topological polar surface area (TPSA) is 89.4 Å². The zero-order valence-corrected chi connectivity index (χ0v) is 20.7. The smallest absolute Gasteiger partial charge is 0.269 e. The molecule has 1 aromatic heterocycles. The number of carbonyl (C=O) groups excluding carboxylic acids is 2. The van der Waals surface area contributed by atoms with Gasteiger partial charge in [-0.1, -0.05) is 24.3 Å². The highest BCUT2D eigenvalue weighted by Gasteiger charge is 2.14. The van der Waals surface area contributed by atoms with Gasteiger partial charge in [0.05, 0.1) is 13.1 Å². The van der Waals surface area contributed by atoms with Crippen LogP contribution < -0.4 is 20.9 Å². The lowest BCUT2D eigenvalue weighted by atomic mass is 10.1. The molecule has 0 bridgehead atoms. The molecule has 1 heterocycles. The molecule has 3 rings (SSSR count). The van der Waals surface area contributed by atoms with Crippen LogP contribution in [-0.2, 0) is 29.3 Å². The minimum absolute atomic E-state index is 0.0974. The van der Waals surface area contributed by atoms with Crippen LogP contribution in [0.5, 0.6) is 5.75 Å². The average molecular weight is 548 g/mol. The molecule has 2 aromatic carbocycles. The Labute approximate surface area is 209 Å². The summed E-state index contributed by atoms with van der Waals surface area (Å²) in [6.07, 6.45) is 0. The number of ether oxygens (including phenoxy) is 1. The maximum Gasteiger partial charge on any atom is 0.269 e. The number of halogens is 3. The van der Waals surface area contributed by atoms with Gasteiger partial charge in [-0.05, 0) is 46.1 Å². The number of benzene rings is 2. The van der Waals surface area contributed by atoms with Crippen LogP contribution in [0, 0.1) is 18.6 Å². The summed E-state index contributed by atoms with van der Waals surface area (Å²) in [5.41, 5.74) is 2.15.